The van der Waals surface area contributed by atoms with Crippen LogP contribution in [0.5, 0.6) is 11.5 Å². The Morgan fingerprint density at radius 3 is 2.48 bits per heavy atom. The van der Waals surface area contributed by atoms with Gasteiger partial charge in [-0.1, -0.05) is 0 Å². The predicted molar refractivity (Wildman–Crippen MR) is 100 cm³/mol. The van der Waals surface area contributed by atoms with Crippen molar-refractivity contribution in [2.24, 2.45) is 0 Å². The van der Waals surface area contributed by atoms with Crippen LogP contribution in [0.3, 0.4) is 0 Å². The molecule has 2 rings (SSSR count). The standard InChI is InChI=1S/C17H25NO5S2/c1-3-22-15-4-6-16(7-5-15)23-9-10-24-13(2)17(19)18-14-8-11-25(20,21)12-14/h4-7,13-14H,3,8-12H2,1-2H3,(H,18,19)/t13-,14-/m0/s1. The van der Waals surface area contributed by atoms with E-state index < -0.39 is 9.84 Å². The van der Waals surface area contributed by atoms with Gasteiger partial charge < -0.3 is 14.8 Å². The number of nitrogens with one attached hydrogen (secondary N) is 1. The summed E-state index contributed by atoms with van der Waals surface area (Å²) in [6, 6.07) is 7.18. The molecule has 0 bridgehead atoms. The number of hydrogen-bond donors (Lipinski definition) is 1. The molecule has 2 atom stereocenters. The summed E-state index contributed by atoms with van der Waals surface area (Å²) < 4.78 is 33.8. The highest BCUT2D eigenvalue weighted by molar-refractivity contribution is 8.00. The summed E-state index contributed by atoms with van der Waals surface area (Å²) in [5.74, 6) is 2.34. The van der Waals surface area contributed by atoms with Crippen LogP contribution in [0.2, 0.25) is 0 Å². The normalized spacial score (nSPS) is 20.0. The van der Waals surface area contributed by atoms with E-state index in [-0.39, 0.29) is 28.7 Å². The van der Waals surface area contributed by atoms with Crippen molar-refractivity contribution in [2.45, 2.75) is 31.6 Å². The van der Waals surface area contributed by atoms with Gasteiger partial charge in [-0.3, -0.25) is 4.79 Å². The summed E-state index contributed by atoms with van der Waals surface area (Å²) in [6.07, 6.45) is 0.506. The van der Waals surface area contributed by atoms with Gasteiger partial charge in [0.1, 0.15) is 11.5 Å². The molecule has 25 heavy (non-hydrogen) atoms. The lowest BCUT2D eigenvalue weighted by Gasteiger charge is -2.15. The number of amides is 1. The van der Waals surface area contributed by atoms with Crippen LogP contribution >= 0.6 is 11.8 Å². The van der Waals surface area contributed by atoms with Gasteiger partial charge in [0, 0.05) is 11.8 Å². The molecule has 1 aromatic carbocycles. The van der Waals surface area contributed by atoms with Crippen LogP contribution < -0.4 is 14.8 Å². The summed E-state index contributed by atoms with van der Waals surface area (Å²) in [6.45, 7) is 4.88. The maximum Gasteiger partial charge on any atom is 0.233 e. The lowest BCUT2D eigenvalue weighted by atomic mass is 10.2. The molecule has 0 spiro atoms. The van der Waals surface area contributed by atoms with Crippen LogP contribution in [0.15, 0.2) is 24.3 Å². The van der Waals surface area contributed by atoms with Crippen molar-refractivity contribution in [3.63, 3.8) is 0 Å². The third kappa shape index (κ3) is 6.78. The number of benzene rings is 1. The van der Waals surface area contributed by atoms with Gasteiger partial charge in [0.15, 0.2) is 9.84 Å². The average Bonchev–Trinajstić information content (AvgIpc) is 2.91. The van der Waals surface area contributed by atoms with Gasteiger partial charge in [-0.15, -0.1) is 11.8 Å². The van der Waals surface area contributed by atoms with Crippen LogP contribution in [0.25, 0.3) is 0 Å². The van der Waals surface area contributed by atoms with E-state index in [1.807, 2.05) is 38.1 Å². The molecular formula is C17H25NO5S2. The molecule has 1 saturated heterocycles. The first kappa shape index (κ1) is 19.9. The molecule has 1 aliphatic rings. The highest BCUT2D eigenvalue weighted by Crippen LogP contribution is 2.19. The van der Waals surface area contributed by atoms with Crippen molar-refractivity contribution in [1.29, 1.82) is 0 Å². The maximum atomic E-state index is 12.1. The van der Waals surface area contributed by atoms with E-state index in [9.17, 15) is 13.2 Å². The third-order valence-corrected chi connectivity index (χ3v) is 6.69. The third-order valence-electron chi connectivity index (χ3n) is 3.80. The largest absolute Gasteiger partial charge is 0.494 e. The fourth-order valence-corrected chi connectivity index (χ4v) is 4.91. The molecule has 1 aliphatic heterocycles. The minimum atomic E-state index is -2.98. The molecule has 1 amide bonds. The Hall–Kier alpha value is -1.41. The quantitative estimate of drug-likeness (QED) is 0.652. The van der Waals surface area contributed by atoms with Gasteiger partial charge in [0.05, 0.1) is 30.0 Å². The molecular weight excluding hydrogens is 362 g/mol. The van der Waals surface area contributed by atoms with Crippen molar-refractivity contribution in [3.05, 3.63) is 24.3 Å². The highest BCUT2D eigenvalue weighted by atomic mass is 32.2. The van der Waals surface area contributed by atoms with E-state index in [0.29, 0.717) is 25.4 Å². The molecule has 1 heterocycles. The summed E-state index contributed by atoms with van der Waals surface area (Å²) in [5.41, 5.74) is 0. The van der Waals surface area contributed by atoms with Crippen LogP contribution in [-0.4, -0.2) is 56.1 Å². The van der Waals surface area contributed by atoms with Gasteiger partial charge >= 0.3 is 0 Å². The molecule has 0 radical (unpaired) electrons. The number of hydrogen-bond acceptors (Lipinski definition) is 6. The van der Waals surface area contributed by atoms with Crippen LogP contribution in [-0.2, 0) is 14.6 Å². The molecule has 1 N–H and O–H groups in total. The number of thioether (sulfide) groups is 1. The van der Waals surface area contributed by atoms with E-state index in [0.717, 1.165) is 11.5 Å². The lowest BCUT2D eigenvalue weighted by molar-refractivity contribution is -0.120. The molecule has 0 aromatic heterocycles. The first-order valence-corrected chi connectivity index (χ1v) is 11.2. The van der Waals surface area contributed by atoms with Gasteiger partial charge in [-0.2, -0.15) is 0 Å². The Kier molecular flexibility index (Phi) is 7.43. The summed E-state index contributed by atoms with van der Waals surface area (Å²) >= 11 is 1.49. The number of sulfone groups is 1. The smallest absolute Gasteiger partial charge is 0.233 e. The SMILES string of the molecule is CCOc1ccc(OCCS[C@@H](C)C(=O)N[C@H]2CCS(=O)(=O)C2)cc1. The van der Waals surface area contributed by atoms with Gasteiger partial charge in [-0.05, 0) is 44.5 Å². The molecule has 1 fully saturated rings. The second-order valence-electron chi connectivity index (χ2n) is 5.87. The van der Waals surface area contributed by atoms with Crippen molar-refractivity contribution in [1.82, 2.24) is 5.32 Å². The second kappa shape index (κ2) is 9.33. The van der Waals surface area contributed by atoms with Crippen molar-refractivity contribution in [3.8, 4) is 11.5 Å². The van der Waals surface area contributed by atoms with E-state index in [1.165, 1.54) is 11.8 Å². The van der Waals surface area contributed by atoms with E-state index in [2.05, 4.69) is 5.32 Å². The van der Waals surface area contributed by atoms with E-state index >= 15 is 0 Å². The molecule has 0 aliphatic carbocycles. The average molecular weight is 388 g/mol. The highest BCUT2D eigenvalue weighted by Gasteiger charge is 2.29. The molecule has 6 nitrogen and oxygen atoms in total. The second-order valence-corrected chi connectivity index (χ2v) is 9.55. The Morgan fingerprint density at radius 1 is 1.28 bits per heavy atom. The van der Waals surface area contributed by atoms with Crippen molar-refractivity contribution < 1.29 is 22.7 Å². The van der Waals surface area contributed by atoms with E-state index in [4.69, 9.17) is 9.47 Å². The van der Waals surface area contributed by atoms with E-state index in [1.54, 1.807) is 0 Å². The van der Waals surface area contributed by atoms with Crippen molar-refractivity contribution in [2.75, 3.05) is 30.5 Å². The Balaban J connectivity index is 1.64. The predicted octanol–water partition coefficient (Wildman–Crippen LogP) is 1.89. The first-order chi connectivity index (χ1) is 11.9. The maximum absolute atomic E-state index is 12.1. The molecule has 1 aromatic rings. The van der Waals surface area contributed by atoms with Crippen LogP contribution in [0.4, 0.5) is 0 Å². The zero-order valence-corrected chi connectivity index (χ0v) is 16.2. The number of carbonyl (C=O) groups is 1. The summed E-state index contributed by atoms with van der Waals surface area (Å²) in [5, 5.41) is 2.57. The first-order valence-electron chi connectivity index (χ1n) is 8.37. The summed E-state index contributed by atoms with van der Waals surface area (Å²) in [4.78, 5) is 12.1. The van der Waals surface area contributed by atoms with Crippen molar-refractivity contribution >= 4 is 27.5 Å². The zero-order valence-electron chi connectivity index (χ0n) is 14.6. The number of ether oxygens (including phenoxy) is 2. The molecule has 0 unspecified atom stereocenters. The number of rotatable bonds is 9. The van der Waals surface area contributed by atoms with Gasteiger partial charge in [0.25, 0.3) is 0 Å². The summed E-state index contributed by atoms with van der Waals surface area (Å²) in [7, 11) is -2.98. The zero-order chi connectivity index (χ0) is 18.3. The van der Waals surface area contributed by atoms with Gasteiger partial charge in [-0.25, -0.2) is 8.42 Å². The Labute approximate surface area is 153 Å². The Bertz CT molecular complexity index is 660. The minimum absolute atomic E-state index is 0.0526. The minimum Gasteiger partial charge on any atom is -0.494 e. The molecule has 140 valence electrons. The fraction of sp³-hybridized carbons (Fsp3) is 0.588. The Morgan fingerprint density at radius 2 is 1.92 bits per heavy atom. The molecule has 8 heteroatoms. The fourth-order valence-electron chi connectivity index (χ4n) is 2.49. The lowest BCUT2D eigenvalue weighted by Crippen LogP contribution is -2.40. The molecule has 0 saturated carbocycles. The topological polar surface area (TPSA) is 81.7 Å². The monoisotopic (exact) mass is 387 g/mol. The van der Waals surface area contributed by atoms with Gasteiger partial charge in [0.2, 0.25) is 5.91 Å². The van der Waals surface area contributed by atoms with Crippen LogP contribution in [0.1, 0.15) is 20.3 Å². The number of carbonyl (C=O) groups excluding carboxylic acids is 1. The van der Waals surface area contributed by atoms with Crippen LogP contribution in [0, 0.1) is 0 Å².